The van der Waals surface area contributed by atoms with Gasteiger partial charge in [0.1, 0.15) is 5.82 Å². The van der Waals surface area contributed by atoms with E-state index in [2.05, 4.69) is 11.6 Å². The first-order chi connectivity index (χ1) is 8.15. The Kier molecular flexibility index (Phi) is 4.10. The van der Waals surface area contributed by atoms with Crippen molar-refractivity contribution in [2.24, 2.45) is 0 Å². The number of halogens is 1. The molecule has 0 radical (unpaired) electrons. The number of benzene rings is 1. The second kappa shape index (κ2) is 5.40. The average Bonchev–Trinajstić information content (AvgIpc) is 2.27. The lowest BCUT2D eigenvalue weighted by Crippen LogP contribution is -2.43. The van der Waals surface area contributed by atoms with E-state index in [0.717, 1.165) is 24.2 Å². The van der Waals surface area contributed by atoms with E-state index < -0.39 is 0 Å². The zero-order valence-electron chi connectivity index (χ0n) is 10.6. The van der Waals surface area contributed by atoms with Gasteiger partial charge in [0.25, 0.3) is 0 Å². The summed E-state index contributed by atoms with van der Waals surface area (Å²) in [6.07, 6.45) is 6.16. The van der Waals surface area contributed by atoms with Crippen LogP contribution in [0.5, 0.6) is 0 Å². The van der Waals surface area contributed by atoms with Crippen molar-refractivity contribution in [3.8, 4) is 0 Å². The number of thioether (sulfide) groups is 1. The smallest absolute Gasteiger partial charge is 0.123 e. The molecule has 1 aromatic carbocycles. The van der Waals surface area contributed by atoms with Crippen molar-refractivity contribution in [1.29, 1.82) is 0 Å². The van der Waals surface area contributed by atoms with Crippen LogP contribution < -0.4 is 5.32 Å². The summed E-state index contributed by atoms with van der Waals surface area (Å²) in [5.74, 6) is -0.143. The molecule has 0 aliphatic heterocycles. The third-order valence-corrected chi connectivity index (χ3v) is 5.19. The van der Waals surface area contributed by atoms with Crippen LogP contribution in [0.1, 0.15) is 30.4 Å². The molecule has 0 heterocycles. The number of rotatable bonds is 5. The van der Waals surface area contributed by atoms with E-state index in [1.807, 2.05) is 24.8 Å². The van der Waals surface area contributed by atoms with Gasteiger partial charge in [-0.3, -0.25) is 0 Å². The molecule has 1 nitrogen and oxygen atoms in total. The van der Waals surface area contributed by atoms with Crippen LogP contribution in [-0.4, -0.2) is 17.5 Å². The fourth-order valence-electron chi connectivity index (χ4n) is 2.28. The molecule has 1 fully saturated rings. The minimum Gasteiger partial charge on any atom is -0.311 e. The summed E-state index contributed by atoms with van der Waals surface area (Å²) in [6.45, 7) is 3.83. The van der Waals surface area contributed by atoms with Gasteiger partial charge in [-0.1, -0.05) is 12.5 Å². The molecule has 1 N–H and O–H groups in total. The van der Waals surface area contributed by atoms with Gasteiger partial charge < -0.3 is 5.32 Å². The van der Waals surface area contributed by atoms with Crippen LogP contribution >= 0.6 is 11.8 Å². The average molecular weight is 253 g/mol. The van der Waals surface area contributed by atoms with E-state index in [4.69, 9.17) is 0 Å². The van der Waals surface area contributed by atoms with Gasteiger partial charge in [0.05, 0.1) is 0 Å². The molecule has 1 saturated carbocycles. The van der Waals surface area contributed by atoms with Crippen LogP contribution in [0.15, 0.2) is 18.2 Å². The largest absolute Gasteiger partial charge is 0.311 e. The first kappa shape index (κ1) is 12.9. The molecule has 0 saturated heterocycles. The van der Waals surface area contributed by atoms with E-state index in [0.29, 0.717) is 4.75 Å². The Hall–Kier alpha value is -0.540. The van der Waals surface area contributed by atoms with E-state index in [1.165, 1.54) is 25.3 Å². The van der Waals surface area contributed by atoms with Gasteiger partial charge in [-0.15, -0.1) is 0 Å². The summed E-state index contributed by atoms with van der Waals surface area (Å²) < 4.78 is 13.6. The minimum absolute atomic E-state index is 0.143. The van der Waals surface area contributed by atoms with Crippen LogP contribution in [0.3, 0.4) is 0 Å². The van der Waals surface area contributed by atoms with Gasteiger partial charge in [-0.2, -0.15) is 11.8 Å². The monoisotopic (exact) mass is 253 g/mol. The third-order valence-electron chi connectivity index (χ3n) is 3.77. The van der Waals surface area contributed by atoms with Crippen molar-refractivity contribution in [1.82, 2.24) is 5.32 Å². The number of hydrogen-bond acceptors (Lipinski definition) is 2. The lowest BCUT2D eigenvalue weighted by atomic mass is 9.84. The summed E-state index contributed by atoms with van der Waals surface area (Å²) in [5.41, 5.74) is 2.23. The molecule has 1 aliphatic carbocycles. The predicted molar refractivity (Wildman–Crippen MR) is 72.9 cm³/mol. The van der Waals surface area contributed by atoms with E-state index in [9.17, 15) is 4.39 Å². The number of nitrogens with one attached hydrogen (secondary N) is 1. The molecule has 0 amide bonds. The molecule has 3 heteroatoms. The highest BCUT2D eigenvalue weighted by molar-refractivity contribution is 8.00. The van der Waals surface area contributed by atoms with Crippen molar-refractivity contribution >= 4 is 11.8 Å². The van der Waals surface area contributed by atoms with Crippen LogP contribution in [-0.2, 0) is 6.54 Å². The molecule has 17 heavy (non-hydrogen) atoms. The Balaban J connectivity index is 1.87. The van der Waals surface area contributed by atoms with Crippen molar-refractivity contribution in [3.05, 3.63) is 35.1 Å². The van der Waals surface area contributed by atoms with Crippen molar-refractivity contribution in [2.75, 3.05) is 12.8 Å². The zero-order chi connectivity index (χ0) is 12.3. The summed E-state index contributed by atoms with van der Waals surface area (Å²) >= 11 is 1.96. The van der Waals surface area contributed by atoms with Crippen molar-refractivity contribution < 1.29 is 4.39 Å². The maximum atomic E-state index is 13.1. The minimum atomic E-state index is -0.143. The summed E-state index contributed by atoms with van der Waals surface area (Å²) in [5, 5.41) is 3.48. The highest BCUT2D eigenvalue weighted by Crippen LogP contribution is 2.42. The van der Waals surface area contributed by atoms with E-state index in [-0.39, 0.29) is 5.82 Å². The molecule has 0 atom stereocenters. The van der Waals surface area contributed by atoms with E-state index in [1.54, 1.807) is 6.07 Å². The predicted octanol–water partition coefficient (Wildman–Crippen LogP) is 3.51. The molecule has 2 rings (SSSR count). The Morgan fingerprint density at radius 2 is 2.18 bits per heavy atom. The Morgan fingerprint density at radius 3 is 2.76 bits per heavy atom. The summed E-state index contributed by atoms with van der Waals surface area (Å²) in [4.78, 5) is 0. The molecule has 0 spiro atoms. The molecule has 0 aromatic heterocycles. The Morgan fingerprint density at radius 1 is 1.41 bits per heavy atom. The van der Waals surface area contributed by atoms with E-state index >= 15 is 0 Å². The van der Waals surface area contributed by atoms with Crippen molar-refractivity contribution in [2.45, 2.75) is 37.5 Å². The SMILES string of the molecule is CSC1(CNCc2cc(F)ccc2C)CCC1. The second-order valence-corrected chi connectivity index (χ2v) is 6.19. The maximum Gasteiger partial charge on any atom is 0.123 e. The number of aryl methyl sites for hydroxylation is 1. The normalized spacial score (nSPS) is 17.8. The molecule has 94 valence electrons. The van der Waals surface area contributed by atoms with Gasteiger partial charge in [-0.25, -0.2) is 4.39 Å². The first-order valence-electron chi connectivity index (χ1n) is 6.16. The van der Waals surface area contributed by atoms with Crippen LogP contribution in [0.25, 0.3) is 0 Å². The maximum absolute atomic E-state index is 13.1. The molecule has 1 aromatic rings. The van der Waals surface area contributed by atoms with Crippen LogP contribution in [0.4, 0.5) is 4.39 Å². The Bertz CT molecular complexity index is 382. The zero-order valence-corrected chi connectivity index (χ0v) is 11.4. The quantitative estimate of drug-likeness (QED) is 0.862. The van der Waals surface area contributed by atoms with Gasteiger partial charge in [0, 0.05) is 17.8 Å². The molecule has 0 bridgehead atoms. The fourth-order valence-corrected chi connectivity index (χ4v) is 3.22. The van der Waals surface area contributed by atoms with Gasteiger partial charge in [0.2, 0.25) is 0 Å². The van der Waals surface area contributed by atoms with Gasteiger partial charge in [-0.05, 0) is 49.3 Å². The number of hydrogen-bond donors (Lipinski definition) is 1. The lowest BCUT2D eigenvalue weighted by molar-refractivity contribution is 0.345. The lowest BCUT2D eigenvalue weighted by Gasteiger charge is -2.40. The summed E-state index contributed by atoms with van der Waals surface area (Å²) in [7, 11) is 0. The van der Waals surface area contributed by atoms with Gasteiger partial charge in [0.15, 0.2) is 0 Å². The third kappa shape index (κ3) is 3.02. The van der Waals surface area contributed by atoms with Crippen LogP contribution in [0, 0.1) is 12.7 Å². The second-order valence-electron chi connectivity index (χ2n) is 4.92. The fraction of sp³-hybridized carbons (Fsp3) is 0.571. The van der Waals surface area contributed by atoms with Crippen LogP contribution in [0.2, 0.25) is 0 Å². The topological polar surface area (TPSA) is 12.0 Å². The summed E-state index contributed by atoms with van der Waals surface area (Å²) in [6, 6.07) is 5.00. The molecule has 0 unspecified atom stereocenters. The Labute approximate surface area is 107 Å². The highest BCUT2D eigenvalue weighted by atomic mass is 32.2. The van der Waals surface area contributed by atoms with Gasteiger partial charge >= 0.3 is 0 Å². The highest BCUT2D eigenvalue weighted by Gasteiger charge is 2.35. The molecular weight excluding hydrogens is 233 g/mol. The van der Waals surface area contributed by atoms with Crippen molar-refractivity contribution in [3.63, 3.8) is 0 Å². The molecule has 1 aliphatic rings. The first-order valence-corrected chi connectivity index (χ1v) is 7.39. The molecular formula is C14H20FNS. The standard InChI is InChI=1S/C14H20FNS/c1-11-4-5-13(15)8-12(11)9-16-10-14(17-2)6-3-7-14/h4-5,8,16H,3,6-7,9-10H2,1-2H3.